The van der Waals surface area contributed by atoms with Gasteiger partial charge in [-0.3, -0.25) is 4.79 Å². The smallest absolute Gasteiger partial charge is 0.204 e. The summed E-state index contributed by atoms with van der Waals surface area (Å²) in [5.74, 6) is 0.0436. The first-order valence-corrected chi connectivity index (χ1v) is 6.10. The minimum atomic E-state index is -0.412. The van der Waals surface area contributed by atoms with Gasteiger partial charge in [0.25, 0.3) is 0 Å². The molecule has 0 radical (unpaired) electrons. The van der Waals surface area contributed by atoms with Gasteiger partial charge in [-0.25, -0.2) is 0 Å². The van der Waals surface area contributed by atoms with E-state index in [0.717, 1.165) is 0 Å². The lowest BCUT2D eigenvalue weighted by Crippen LogP contribution is -2.03. The third-order valence-corrected chi connectivity index (χ3v) is 3.27. The van der Waals surface area contributed by atoms with E-state index < -0.39 is 5.43 Å². The van der Waals surface area contributed by atoms with Crippen molar-refractivity contribution in [1.82, 2.24) is 0 Å². The molecular formula is C15H12O6. The summed E-state index contributed by atoms with van der Waals surface area (Å²) in [5, 5.41) is 20.0. The molecule has 0 amide bonds. The van der Waals surface area contributed by atoms with Crippen LogP contribution in [0.1, 0.15) is 0 Å². The van der Waals surface area contributed by atoms with E-state index in [0.29, 0.717) is 5.75 Å². The van der Waals surface area contributed by atoms with Crippen LogP contribution in [-0.2, 0) is 0 Å². The second-order valence-electron chi connectivity index (χ2n) is 4.45. The maximum absolute atomic E-state index is 12.5. The lowest BCUT2D eigenvalue weighted by Gasteiger charge is -2.09. The van der Waals surface area contributed by atoms with E-state index in [9.17, 15) is 15.0 Å². The van der Waals surface area contributed by atoms with Gasteiger partial charge in [0.05, 0.1) is 19.6 Å². The Bertz CT molecular complexity index is 910. The zero-order chi connectivity index (χ0) is 15.1. The number of benzene rings is 2. The normalized spacial score (nSPS) is 11.0. The van der Waals surface area contributed by atoms with Crippen molar-refractivity contribution in [2.75, 3.05) is 14.2 Å². The second-order valence-corrected chi connectivity index (χ2v) is 4.45. The summed E-state index contributed by atoms with van der Waals surface area (Å²) in [6.07, 6.45) is 0. The van der Waals surface area contributed by atoms with Crippen LogP contribution < -0.4 is 14.9 Å². The van der Waals surface area contributed by atoms with Crippen LogP contribution in [0.15, 0.2) is 33.5 Å². The highest BCUT2D eigenvalue weighted by molar-refractivity contribution is 5.96. The molecule has 2 N–H and O–H groups in total. The van der Waals surface area contributed by atoms with Crippen LogP contribution in [0.2, 0.25) is 0 Å². The van der Waals surface area contributed by atoms with Gasteiger partial charge in [0.15, 0.2) is 11.3 Å². The van der Waals surface area contributed by atoms with Crippen molar-refractivity contribution in [3.05, 3.63) is 34.5 Å². The van der Waals surface area contributed by atoms with Gasteiger partial charge < -0.3 is 24.1 Å². The van der Waals surface area contributed by atoms with Crippen LogP contribution in [0.5, 0.6) is 23.0 Å². The summed E-state index contributed by atoms with van der Waals surface area (Å²) in [6.45, 7) is 0. The molecule has 6 heteroatoms. The Morgan fingerprint density at radius 2 is 1.81 bits per heavy atom. The molecule has 0 unspecified atom stereocenters. The number of fused-ring (bicyclic) bond motifs is 2. The molecule has 1 aromatic heterocycles. The number of rotatable bonds is 2. The molecule has 0 aliphatic rings. The molecule has 0 spiro atoms. The third kappa shape index (κ3) is 1.84. The summed E-state index contributed by atoms with van der Waals surface area (Å²) >= 11 is 0. The minimum absolute atomic E-state index is 0.0519. The van der Waals surface area contributed by atoms with Crippen molar-refractivity contribution in [2.24, 2.45) is 0 Å². The highest BCUT2D eigenvalue weighted by atomic mass is 16.5. The van der Waals surface area contributed by atoms with E-state index in [1.165, 1.54) is 38.5 Å². The molecule has 0 aliphatic heterocycles. The summed E-state index contributed by atoms with van der Waals surface area (Å²) in [5.41, 5.74) is -0.152. The molecule has 21 heavy (non-hydrogen) atoms. The SMILES string of the molecule is COc1cc(O)c2c(=O)c3ccc(O)c(OC)c3oc2c1. The molecule has 2 aromatic carbocycles. The van der Waals surface area contributed by atoms with Crippen LogP contribution in [0.4, 0.5) is 0 Å². The van der Waals surface area contributed by atoms with E-state index in [2.05, 4.69) is 0 Å². The maximum Gasteiger partial charge on any atom is 0.204 e. The first-order valence-electron chi connectivity index (χ1n) is 6.10. The largest absolute Gasteiger partial charge is 0.507 e. The Kier molecular flexibility index (Phi) is 2.86. The number of aromatic hydroxyl groups is 2. The Labute approximate surface area is 118 Å². The van der Waals surface area contributed by atoms with Crippen molar-refractivity contribution in [3.8, 4) is 23.0 Å². The van der Waals surface area contributed by atoms with Crippen LogP contribution in [0.25, 0.3) is 21.9 Å². The number of phenolic OH excluding ortho intramolecular Hbond substituents is 2. The molecule has 0 aliphatic carbocycles. The fourth-order valence-corrected chi connectivity index (χ4v) is 2.28. The van der Waals surface area contributed by atoms with E-state index >= 15 is 0 Å². The summed E-state index contributed by atoms with van der Waals surface area (Å²) in [4.78, 5) is 12.5. The molecule has 0 fully saturated rings. The number of hydrogen-bond donors (Lipinski definition) is 2. The van der Waals surface area contributed by atoms with E-state index in [-0.39, 0.29) is 39.2 Å². The molecule has 3 aromatic rings. The Morgan fingerprint density at radius 1 is 1.05 bits per heavy atom. The average Bonchev–Trinajstić information content (AvgIpc) is 2.46. The summed E-state index contributed by atoms with van der Waals surface area (Å²) in [7, 11) is 2.80. The maximum atomic E-state index is 12.5. The highest BCUT2D eigenvalue weighted by Crippen LogP contribution is 2.37. The quantitative estimate of drug-likeness (QED) is 0.704. The molecule has 3 rings (SSSR count). The fourth-order valence-electron chi connectivity index (χ4n) is 2.28. The molecule has 1 heterocycles. The van der Waals surface area contributed by atoms with Crippen molar-refractivity contribution in [2.45, 2.75) is 0 Å². The first-order chi connectivity index (χ1) is 10.1. The standard InChI is InChI=1S/C15H12O6/c1-19-7-5-10(17)12-11(6-7)21-14-8(13(12)18)3-4-9(16)15(14)20-2/h3-6,16-17H,1-2H3. The first kappa shape index (κ1) is 13.1. The van der Waals surface area contributed by atoms with Crippen LogP contribution in [0, 0.1) is 0 Å². The van der Waals surface area contributed by atoms with Gasteiger partial charge in [-0.05, 0) is 12.1 Å². The Morgan fingerprint density at radius 3 is 2.48 bits per heavy atom. The summed E-state index contributed by atoms with van der Waals surface area (Å²) in [6, 6.07) is 5.58. The average molecular weight is 288 g/mol. The van der Waals surface area contributed by atoms with Gasteiger partial charge in [-0.2, -0.15) is 0 Å². The Balaban J connectivity index is 2.55. The van der Waals surface area contributed by atoms with Crippen LogP contribution in [-0.4, -0.2) is 24.4 Å². The van der Waals surface area contributed by atoms with Crippen molar-refractivity contribution in [3.63, 3.8) is 0 Å². The van der Waals surface area contributed by atoms with Gasteiger partial charge in [-0.15, -0.1) is 0 Å². The van der Waals surface area contributed by atoms with Gasteiger partial charge in [0.1, 0.15) is 22.5 Å². The summed E-state index contributed by atoms with van der Waals surface area (Å²) < 4.78 is 15.7. The number of hydrogen-bond acceptors (Lipinski definition) is 6. The zero-order valence-corrected chi connectivity index (χ0v) is 11.3. The topological polar surface area (TPSA) is 89.1 Å². The monoisotopic (exact) mass is 288 g/mol. The minimum Gasteiger partial charge on any atom is -0.507 e. The lowest BCUT2D eigenvalue weighted by molar-refractivity contribution is 0.371. The van der Waals surface area contributed by atoms with Gasteiger partial charge >= 0.3 is 0 Å². The lowest BCUT2D eigenvalue weighted by atomic mass is 10.1. The highest BCUT2D eigenvalue weighted by Gasteiger charge is 2.17. The van der Waals surface area contributed by atoms with Gasteiger partial charge in [0, 0.05) is 12.1 Å². The molecule has 0 bridgehead atoms. The Hall–Kier alpha value is -2.89. The predicted molar refractivity (Wildman–Crippen MR) is 76.4 cm³/mol. The third-order valence-electron chi connectivity index (χ3n) is 3.27. The van der Waals surface area contributed by atoms with E-state index in [4.69, 9.17) is 13.9 Å². The molecular weight excluding hydrogens is 276 g/mol. The molecule has 0 atom stereocenters. The second kappa shape index (κ2) is 4.59. The van der Waals surface area contributed by atoms with Crippen LogP contribution >= 0.6 is 0 Å². The molecule has 108 valence electrons. The molecule has 6 nitrogen and oxygen atoms in total. The fraction of sp³-hybridized carbons (Fsp3) is 0.133. The number of methoxy groups -OCH3 is 2. The predicted octanol–water partition coefficient (Wildman–Crippen LogP) is 2.37. The van der Waals surface area contributed by atoms with Crippen LogP contribution in [0.3, 0.4) is 0 Å². The van der Waals surface area contributed by atoms with E-state index in [1.54, 1.807) is 0 Å². The van der Waals surface area contributed by atoms with Crippen molar-refractivity contribution < 1.29 is 24.1 Å². The van der Waals surface area contributed by atoms with Gasteiger partial charge in [-0.1, -0.05) is 0 Å². The van der Waals surface area contributed by atoms with Gasteiger partial charge in [0.2, 0.25) is 11.2 Å². The van der Waals surface area contributed by atoms with Crippen molar-refractivity contribution in [1.29, 1.82) is 0 Å². The van der Waals surface area contributed by atoms with E-state index in [1.807, 2.05) is 0 Å². The molecule has 0 saturated heterocycles. The van der Waals surface area contributed by atoms with Crippen molar-refractivity contribution >= 4 is 21.9 Å². The number of ether oxygens (including phenoxy) is 2. The zero-order valence-electron chi connectivity index (χ0n) is 11.3. The number of phenols is 2. The molecule has 0 saturated carbocycles.